The van der Waals surface area contributed by atoms with E-state index in [-0.39, 0.29) is 16.1 Å². The number of carbonyl (C=O) groups is 1. The number of fused-ring (bicyclic) bond motifs is 1. The third-order valence-electron chi connectivity index (χ3n) is 4.74. The fourth-order valence-corrected chi connectivity index (χ4v) is 5.79. The summed E-state index contributed by atoms with van der Waals surface area (Å²) in [5.41, 5.74) is 2.32. The Labute approximate surface area is 192 Å². The fraction of sp³-hybridized carbons (Fsp3) is 0.0909. The second-order valence-corrected chi connectivity index (χ2v) is 10.2. The summed E-state index contributed by atoms with van der Waals surface area (Å²) in [7, 11) is -2.12. The monoisotopic (exact) mass is 489 g/mol. The number of hydrogen-bond donors (Lipinski definition) is 1. The van der Waals surface area contributed by atoms with E-state index in [1.165, 1.54) is 23.5 Å². The van der Waals surface area contributed by atoms with Crippen LogP contribution in [-0.2, 0) is 17.1 Å². The van der Waals surface area contributed by atoms with Gasteiger partial charge in [-0.3, -0.25) is 9.52 Å². The highest BCUT2D eigenvalue weighted by molar-refractivity contribution is 7.92. The minimum Gasteiger partial charge on any atom is -0.319 e. The van der Waals surface area contributed by atoms with Gasteiger partial charge in [0.25, 0.3) is 15.9 Å². The molecule has 0 aliphatic carbocycles. The zero-order valence-corrected chi connectivity index (χ0v) is 19.4. The van der Waals surface area contributed by atoms with E-state index in [1.54, 1.807) is 12.1 Å². The van der Waals surface area contributed by atoms with Crippen molar-refractivity contribution in [3.05, 3.63) is 87.4 Å². The molecule has 0 fully saturated rings. The summed E-state index contributed by atoms with van der Waals surface area (Å²) in [5, 5.41) is 0.607. The number of benzene rings is 3. The van der Waals surface area contributed by atoms with Gasteiger partial charge in [0.15, 0.2) is 4.80 Å². The van der Waals surface area contributed by atoms with Crippen molar-refractivity contribution in [2.75, 3.05) is 4.72 Å². The molecule has 0 radical (unpaired) electrons. The first-order valence-electron chi connectivity index (χ1n) is 9.37. The lowest BCUT2D eigenvalue weighted by Gasteiger charge is -2.08. The number of thiazole rings is 1. The van der Waals surface area contributed by atoms with E-state index in [1.807, 2.05) is 30.7 Å². The maximum atomic E-state index is 13.1. The number of anilines is 1. The summed E-state index contributed by atoms with van der Waals surface area (Å²) >= 11 is 7.47. The van der Waals surface area contributed by atoms with Crippen molar-refractivity contribution < 1.29 is 17.6 Å². The van der Waals surface area contributed by atoms with E-state index in [4.69, 9.17) is 11.6 Å². The molecule has 10 heteroatoms. The normalized spacial score (nSPS) is 12.3. The van der Waals surface area contributed by atoms with E-state index in [0.29, 0.717) is 9.82 Å². The molecule has 0 aliphatic heterocycles. The third-order valence-corrected chi connectivity index (χ3v) is 7.43. The molecule has 6 nitrogen and oxygen atoms in total. The van der Waals surface area contributed by atoms with Crippen LogP contribution >= 0.6 is 22.9 Å². The van der Waals surface area contributed by atoms with Crippen molar-refractivity contribution in [3.8, 4) is 0 Å². The summed E-state index contributed by atoms with van der Waals surface area (Å²) < 4.78 is 43.3. The van der Waals surface area contributed by atoms with Crippen LogP contribution in [0.2, 0.25) is 5.02 Å². The quantitative estimate of drug-likeness (QED) is 0.443. The van der Waals surface area contributed by atoms with E-state index in [2.05, 4.69) is 9.71 Å². The minimum absolute atomic E-state index is 0.0911. The fourth-order valence-electron chi connectivity index (χ4n) is 3.27. The van der Waals surface area contributed by atoms with Crippen molar-refractivity contribution in [3.63, 3.8) is 0 Å². The summed E-state index contributed by atoms with van der Waals surface area (Å²) in [6.07, 6.45) is 0. The number of carbonyl (C=O) groups excluding carboxylic acids is 1. The van der Waals surface area contributed by atoms with Crippen molar-refractivity contribution in [1.29, 1.82) is 0 Å². The molecule has 0 bridgehead atoms. The first-order valence-corrected chi connectivity index (χ1v) is 12.0. The third kappa shape index (κ3) is 4.45. The zero-order valence-electron chi connectivity index (χ0n) is 17.0. The van der Waals surface area contributed by atoms with E-state index < -0.39 is 21.7 Å². The Morgan fingerprint density at radius 3 is 2.56 bits per heavy atom. The molecule has 0 saturated carbocycles. The number of hydrogen-bond acceptors (Lipinski definition) is 4. The average molecular weight is 490 g/mol. The molecular formula is C22H17ClFN3O3S2. The molecule has 164 valence electrons. The Morgan fingerprint density at radius 1 is 1.12 bits per heavy atom. The lowest BCUT2D eigenvalue weighted by atomic mass is 10.2. The molecule has 4 rings (SSSR count). The Kier molecular flexibility index (Phi) is 5.89. The van der Waals surface area contributed by atoms with Crippen LogP contribution in [-0.4, -0.2) is 18.9 Å². The number of sulfonamides is 1. The molecule has 3 aromatic carbocycles. The number of rotatable bonds is 4. The zero-order chi connectivity index (χ0) is 23.0. The van der Waals surface area contributed by atoms with Crippen LogP contribution in [0.25, 0.3) is 10.2 Å². The van der Waals surface area contributed by atoms with Crippen molar-refractivity contribution in [1.82, 2.24) is 4.57 Å². The van der Waals surface area contributed by atoms with Crippen LogP contribution in [0.5, 0.6) is 0 Å². The summed E-state index contributed by atoms with van der Waals surface area (Å²) in [5.74, 6) is -1.05. The molecule has 1 amide bonds. The molecule has 4 aromatic rings. The summed E-state index contributed by atoms with van der Waals surface area (Å²) in [4.78, 5) is 17.4. The Morgan fingerprint density at radius 2 is 1.84 bits per heavy atom. The van der Waals surface area contributed by atoms with Gasteiger partial charge in [-0.25, -0.2) is 12.8 Å². The molecule has 1 N–H and O–H groups in total. The minimum atomic E-state index is -3.94. The number of amides is 1. The number of nitrogens with one attached hydrogen (secondary N) is 1. The van der Waals surface area contributed by atoms with Crippen LogP contribution in [0, 0.1) is 12.7 Å². The first kappa shape index (κ1) is 22.2. The standard InChI is InChI=1S/C22H17ClFN3O3S2/c1-13-10-15(23)12-19-20(13)27(2)22(31-19)25-21(28)14-4-3-5-17(11-14)26-32(29,30)18-8-6-16(24)7-9-18/h3-12,26H,1-2H3. The maximum absolute atomic E-state index is 13.1. The predicted octanol–water partition coefficient (Wildman–Crippen LogP) is 4.88. The summed E-state index contributed by atoms with van der Waals surface area (Å²) in [6, 6.07) is 14.2. The number of aryl methyl sites for hydroxylation is 2. The smallest absolute Gasteiger partial charge is 0.279 e. The SMILES string of the molecule is Cc1cc(Cl)cc2sc(=NC(=O)c3cccc(NS(=O)(=O)c4ccc(F)cc4)c3)n(C)c12. The summed E-state index contributed by atoms with van der Waals surface area (Å²) in [6.45, 7) is 1.93. The molecule has 1 aromatic heterocycles. The van der Waals surface area contributed by atoms with Crippen LogP contribution in [0.1, 0.15) is 15.9 Å². The van der Waals surface area contributed by atoms with Gasteiger partial charge in [0.1, 0.15) is 5.82 Å². The highest BCUT2D eigenvalue weighted by Gasteiger charge is 2.16. The molecule has 0 saturated heterocycles. The Bertz CT molecular complexity index is 1520. The molecule has 1 heterocycles. The lowest BCUT2D eigenvalue weighted by Crippen LogP contribution is -2.15. The van der Waals surface area contributed by atoms with Gasteiger partial charge in [0.05, 0.1) is 15.1 Å². The number of aromatic nitrogens is 1. The first-order chi connectivity index (χ1) is 15.1. The van der Waals surface area contributed by atoms with Gasteiger partial charge in [0.2, 0.25) is 0 Å². The van der Waals surface area contributed by atoms with Crippen LogP contribution in [0.4, 0.5) is 10.1 Å². The molecule has 0 spiro atoms. The molecule has 32 heavy (non-hydrogen) atoms. The average Bonchev–Trinajstić information content (AvgIpc) is 3.03. The molecule has 0 aliphatic rings. The maximum Gasteiger partial charge on any atom is 0.279 e. The van der Waals surface area contributed by atoms with Crippen LogP contribution in [0.3, 0.4) is 0 Å². The van der Waals surface area contributed by atoms with Crippen LogP contribution < -0.4 is 9.52 Å². The number of halogens is 2. The second-order valence-electron chi connectivity index (χ2n) is 7.07. The Balaban J connectivity index is 1.66. The van der Waals surface area contributed by atoms with Gasteiger partial charge < -0.3 is 4.57 Å². The van der Waals surface area contributed by atoms with Gasteiger partial charge in [0, 0.05) is 23.3 Å². The van der Waals surface area contributed by atoms with E-state index >= 15 is 0 Å². The van der Waals surface area contributed by atoms with Gasteiger partial charge in [-0.2, -0.15) is 4.99 Å². The topological polar surface area (TPSA) is 80.5 Å². The largest absolute Gasteiger partial charge is 0.319 e. The highest BCUT2D eigenvalue weighted by Crippen LogP contribution is 2.25. The van der Waals surface area contributed by atoms with E-state index in [0.717, 1.165) is 40.0 Å². The van der Waals surface area contributed by atoms with Crippen molar-refractivity contribution >= 4 is 54.8 Å². The second kappa shape index (κ2) is 8.50. The van der Waals surface area contributed by atoms with E-state index in [9.17, 15) is 17.6 Å². The van der Waals surface area contributed by atoms with Crippen molar-refractivity contribution in [2.45, 2.75) is 11.8 Å². The lowest BCUT2D eigenvalue weighted by molar-refractivity contribution is 0.0998. The van der Waals surface area contributed by atoms with Gasteiger partial charge in [-0.05, 0) is 67.1 Å². The van der Waals surface area contributed by atoms with Crippen molar-refractivity contribution in [2.24, 2.45) is 12.0 Å². The molecular weight excluding hydrogens is 473 g/mol. The molecule has 0 unspecified atom stereocenters. The van der Waals surface area contributed by atoms with Crippen LogP contribution in [0.15, 0.2) is 70.6 Å². The highest BCUT2D eigenvalue weighted by atomic mass is 35.5. The van der Waals surface area contributed by atoms with Gasteiger partial charge in [-0.1, -0.05) is 29.0 Å². The molecule has 0 atom stereocenters. The Hall–Kier alpha value is -3.01. The van der Waals surface area contributed by atoms with Gasteiger partial charge >= 0.3 is 0 Å². The van der Waals surface area contributed by atoms with Gasteiger partial charge in [-0.15, -0.1) is 0 Å². The number of nitrogens with zero attached hydrogens (tertiary/aromatic N) is 2. The predicted molar refractivity (Wildman–Crippen MR) is 124 cm³/mol.